The quantitative estimate of drug-likeness (QED) is 0.783. The van der Waals surface area contributed by atoms with Gasteiger partial charge in [0.15, 0.2) is 0 Å². The average Bonchev–Trinajstić information content (AvgIpc) is 2.65. The van der Waals surface area contributed by atoms with Gasteiger partial charge in [-0.2, -0.15) is 0 Å². The number of benzene rings is 2. The predicted octanol–water partition coefficient (Wildman–Crippen LogP) is 3.01. The van der Waals surface area contributed by atoms with E-state index in [0.717, 1.165) is 27.8 Å². The molecule has 0 atom stereocenters. The molecule has 0 bridgehead atoms. The highest BCUT2D eigenvalue weighted by molar-refractivity contribution is 5.80. The fraction of sp³-hybridized carbons (Fsp3) is 0.211. The average molecular weight is 325 g/mol. The van der Waals surface area contributed by atoms with E-state index in [0.29, 0.717) is 17.9 Å². The van der Waals surface area contributed by atoms with Crippen molar-refractivity contribution in [1.82, 2.24) is 0 Å². The molecule has 0 aliphatic rings. The van der Waals surface area contributed by atoms with Gasteiger partial charge in [0.05, 0.1) is 32.7 Å². The number of nitrogens with zero attached hydrogens (tertiary/aromatic N) is 1. The number of ether oxygens (including phenoxy) is 2. The Balaban J connectivity index is 2.18. The number of hydrogen-bond acceptors (Lipinski definition) is 5. The molecule has 3 rings (SSSR count). The maximum atomic E-state index is 9.09. The van der Waals surface area contributed by atoms with E-state index in [2.05, 4.69) is 4.99 Å². The molecule has 2 aromatic carbocycles. The van der Waals surface area contributed by atoms with Crippen molar-refractivity contribution in [3.8, 4) is 22.8 Å². The molecule has 0 fully saturated rings. The lowest BCUT2D eigenvalue weighted by Crippen LogP contribution is -2.06. The van der Waals surface area contributed by atoms with E-state index in [-0.39, 0.29) is 6.61 Å². The van der Waals surface area contributed by atoms with Gasteiger partial charge in [0.1, 0.15) is 22.8 Å². The largest absolute Gasteiger partial charge is 0.497 e. The lowest BCUT2D eigenvalue weighted by molar-refractivity contribution is 0.306. The van der Waals surface area contributed by atoms with Crippen molar-refractivity contribution in [1.29, 1.82) is 0 Å². The summed E-state index contributed by atoms with van der Waals surface area (Å²) in [6.07, 6.45) is 0. The summed E-state index contributed by atoms with van der Waals surface area (Å²) < 4.78 is 16.5. The van der Waals surface area contributed by atoms with Gasteiger partial charge in [-0.05, 0) is 42.5 Å². The van der Waals surface area contributed by atoms with Gasteiger partial charge in [-0.1, -0.05) is 0 Å². The highest BCUT2D eigenvalue weighted by atomic mass is 16.5. The second-order valence-electron chi connectivity index (χ2n) is 5.19. The van der Waals surface area contributed by atoms with Gasteiger partial charge in [0.25, 0.3) is 0 Å². The summed E-state index contributed by atoms with van der Waals surface area (Å²) in [6, 6.07) is 15.1. The normalized spacial score (nSPS) is 11.7. The molecule has 124 valence electrons. The van der Waals surface area contributed by atoms with E-state index in [4.69, 9.17) is 19.0 Å². The van der Waals surface area contributed by atoms with Gasteiger partial charge < -0.3 is 19.0 Å². The SMILES string of the molecule is COc1ccc(-c2cc(=NCCO)c3cc(OC)ccc3o2)cc1. The number of aliphatic hydroxyl groups is 1. The first kappa shape index (κ1) is 16.1. The summed E-state index contributed by atoms with van der Waals surface area (Å²) in [6.45, 7) is 0.327. The zero-order valence-electron chi connectivity index (χ0n) is 13.7. The van der Waals surface area contributed by atoms with Gasteiger partial charge >= 0.3 is 0 Å². The fourth-order valence-corrected chi connectivity index (χ4v) is 2.47. The highest BCUT2D eigenvalue weighted by Crippen LogP contribution is 2.26. The van der Waals surface area contributed by atoms with E-state index in [1.165, 1.54) is 0 Å². The van der Waals surface area contributed by atoms with Gasteiger partial charge in [0, 0.05) is 17.0 Å². The Hall–Kier alpha value is -2.79. The molecule has 24 heavy (non-hydrogen) atoms. The Bertz CT molecular complexity index is 897. The predicted molar refractivity (Wildman–Crippen MR) is 92.3 cm³/mol. The second kappa shape index (κ2) is 7.19. The standard InChI is InChI=1S/C19H19NO4/c1-22-14-5-3-13(4-6-14)19-12-17(20-9-10-21)16-11-15(23-2)7-8-18(16)24-19/h3-8,11-12,21H,9-10H2,1-2H3. The van der Waals surface area contributed by atoms with E-state index in [9.17, 15) is 0 Å². The molecular formula is C19H19NO4. The Kier molecular flexibility index (Phi) is 4.82. The second-order valence-corrected chi connectivity index (χ2v) is 5.19. The first-order valence-corrected chi connectivity index (χ1v) is 7.63. The van der Waals surface area contributed by atoms with Crippen molar-refractivity contribution >= 4 is 11.0 Å². The molecular weight excluding hydrogens is 306 g/mol. The fourth-order valence-electron chi connectivity index (χ4n) is 2.47. The first-order valence-electron chi connectivity index (χ1n) is 7.63. The van der Waals surface area contributed by atoms with E-state index in [1.54, 1.807) is 14.2 Å². The number of fused-ring (bicyclic) bond motifs is 1. The van der Waals surface area contributed by atoms with Crippen LogP contribution in [0.1, 0.15) is 0 Å². The molecule has 0 saturated carbocycles. The smallest absolute Gasteiger partial charge is 0.137 e. The van der Waals surface area contributed by atoms with E-state index in [1.807, 2.05) is 48.5 Å². The summed E-state index contributed by atoms with van der Waals surface area (Å²) in [5, 5.41) is 10.7. The molecule has 0 unspecified atom stereocenters. The Labute approximate surface area is 139 Å². The minimum Gasteiger partial charge on any atom is -0.497 e. The van der Waals surface area contributed by atoms with Crippen LogP contribution in [-0.4, -0.2) is 32.5 Å². The third-order valence-corrected chi connectivity index (χ3v) is 3.71. The number of methoxy groups -OCH3 is 2. The molecule has 0 spiro atoms. The van der Waals surface area contributed by atoms with Crippen LogP contribution in [0.3, 0.4) is 0 Å². The molecule has 0 saturated heterocycles. The molecule has 0 aliphatic carbocycles. The van der Waals surface area contributed by atoms with Crippen molar-refractivity contribution in [2.45, 2.75) is 0 Å². The van der Waals surface area contributed by atoms with E-state index >= 15 is 0 Å². The molecule has 3 aromatic rings. The third kappa shape index (κ3) is 3.26. The van der Waals surface area contributed by atoms with Crippen LogP contribution in [0, 0.1) is 0 Å². The minimum atomic E-state index is -0.00460. The van der Waals surface area contributed by atoms with Crippen LogP contribution in [0.4, 0.5) is 0 Å². The minimum absolute atomic E-state index is 0.00460. The topological polar surface area (TPSA) is 64.2 Å². The lowest BCUT2D eigenvalue weighted by atomic mass is 10.1. The van der Waals surface area contributed by atoms with Crippen LogP contribution in [0.25, 0.3) is 22.3 Å². The third-order valence-electron chi connectivity index (χ3n) is 3.71. The van der Waals surface area contributed by atoms with Crippen molar-refractivity contribution in [3.05, 3.63) is 53.9 Å². The van der Waals surface area contributed by atoms with Gasteiger partial charge in [-0.3, -0.25) is 4.99 Å². The summed E-state index contributed by atoms with van der Waals surface area (Å²) in [5.74, 6) is 2.22. The number of hydrogen-bond donors (Lipinski definition) is 1. The summed E-state index contributed by atoms with van der Waals surface area (Å²) >= 11 is 0. The molecule has 1 heterocycles. The van der Waals surface area contributed by atoms with Crippen LogP contribution >= 0.6 is 0 Å². The van der Waals surface area contributed by atoms with Crippen LogP contribution in [0.2, 0.25) is 0 Å². The first-order chi connectivity index (χ1) is 11.7. The van der Waals surface area contributed by atoms with Crippen molar-refractivity contribution in [2.75, 3.05) is 27.4 Å². The zero-order valence-corrected chi connectivity index (χ0v) is 13.7. The van der Waals surface area contributed by atoms with Crippen LogP contribution in [-0.2, 0) is 0 Å². The summed E-state index contributed by atoms with van der Waals surface area (Å²) in [7, 11) is 3.25. The van der Waals surface area contributed by atoms with Crippen LogP contribution in [0.5, 0.6) is 11.5 Å². The van der Waals surface area contributed by atoms with E-state index < -0.39 is 0 Å². The molecule has 5 heteroatoms. The Morgan fingerprint density at radius 2 is 1.67 bits per heavy atom. The molecule has 1 aromatic heterocycles. The summed E-state index contributed by atoms with van der Waals surface area (Å²) in [4.78, 5) is 4.46. The maximum absolute atomic E-state index is 9.09. The Morgan fingerprint density at radius 1 is 0.958 bits per heavy atom. The molecule has 5 nitrogen and oxygen atoms in total. The Morgan fingerprint density at radius 3 is 2.33 bits per heavy atom. The van der Waals surface area contributed by atoms with Gasteiger partial charge in [-0.15, -0.1) is 0 Å². The van der Waals surface area contributed by atoms with Crippen LogP contribution in [0.15, 0.2) is 57.9 Å². The van der Waals surface area contributed by atoms with Crippen molar-refractivity contribution in [3.63, 3.8) is 0 Å². The maximum Gasteiger partial charge on any atom is 0.137 e. The highest BCUT2D eigenvalue weighted by Gasteiger charge is 2.07. The van der Waals surface area contributed by atoms with Crippen molar-refractivity contribution < 1.29 is 19.0 Å². The van der Waals surface area contributed by atoms with Gasteiger partial charge in [0.2, 0.25) is 0 Å². The van der Waals surface area contributed by atoms with Crippen molar-refractivity contribution in [2.24, 2.45) is 4.99 Å². The van der Waals surface area contributed by atoms with Crippen LogP contribution < -0.4 is 14.8 Å². The molecule has 0 radical (unpaired) electrons. The zero-order chi connectivity index (χ0) is 16.9. The summed E-state index contributed by atoms with van der Waals surface area (Å²) in [5.41, 5.74) is 1.63. The molecule has 0 amide bonds. The van der Waals surface area contributed by atoms with Gasteiger partial charge in [-0.25, -0.2) is 0 Å². The lowest BCUT2D eigenvalue weighted by Gasteiger charge is -2.07. The monoisotopic (exact) mass is 325 g/mol. The number of aliphatic hydroxyl groups excluding tert-OH is 1. The molecule has 0 aliphatic heterocycles. The molecule has 1 N–H and O–H groups in total. The number of rotatable bonds is 5.